The van der Waals surface area contributed by atoms with Crippen LogP contribution in [-0.2, 0) is 0 Å². The number of ether oxygens (including phenoxy) is 2. The number of hydrogen-bond donors (Lipinski definition) is 2. The summed E-state index contributed by atoms with van der Waals surface area (Å²) in [5.41, 5.74) is 3.40. The van der Waals surface area contributed by atoms with E-state index in [1.807, 2.05) is 12.1 Å². The second kappa shape index (κ2) is 9.91. The van der Waals surface area contributed by atoms with Gasteiger partial charge in [-0.1, -0.05) is 38.3 Å². The molecule has 0 aliphatic heterocycles. The molecule has 156 valence electrons. The molecule has 3 aromatic rings. The Hall–Kier alpha value is -2.35. The highest BCUT2D eigenvalue weighted by molar-refractivity contribution is 9.10. The van der Waals surface area contributed by atoms with E-state index in [4.69, 9.17) is 14.5 Å². The zero-order valence-corrected chi connectivity index (χ0v) is 19.0. The third-order valence-electron chi connectivity index (χ3n) is 5.02. The predicted molar refractivity (Wildman–Crippen MR) is 119 cm³/mol. The lowest BCUT2D eigenvalue weighted by molar-refractivity contribution is 0.395. The summed E-state index contributed by atoms with van der Waals surface area (Å²) in [5.74, 6) is 2.42. The number of halogens is 1. The number of aromatic nitrogens is 4. The Labute approximate surface area is 179 Å². The van der Waals surface area contributed by atoms with Crippen LogP contribution >= 0.6 is 15.9 Å². The van der Waals surface area contributed by atoms with Gasteiger partial charge in [-0.3, -0.25) is 5.10 Å². The fourth-order valence-electron chi connectivity index (χ4n) is 3.49. The fraction of sp³-hybridized carbons (Fsp3) is 0.476. The van der Waals surface area contributed by atoms with Crippen LogP contribution in [0.4, 0.5) is 11.5 Å². The number of hydrogen-bond acceptors (Lipinski definition) is 6. The van der Waals surface area contributed by atoms with Crippen molar-refractivity contribution in [2.24, 2.45) is 0 Å². The topological polar surface area (TPSA) is 85.0 Å². The lowest BCUT2D eigenvalue weighted by Gasteiger charge is -2.18. The smallest absolute Gasteiger partial charge is 0.160 e. The molecule has 0 spiro atoms. The van der Waals surface area contributed by atoms with E-state index in [9.17, 15) is 0 Å². The van der Waals surface area contributed by atoms with Gasteiger partial charge in [0.2, 0.25) is 0 Å². The van der Waals surface area contributed by atoms with E-state index in [0.717, 1.165) is 40.6 Å². The molecule has 0 bridgehead atoms. The molecule has 2 N–H and O–H groups in total. The van der Waals surface area contributed by atoms with Crippen molar-refractivity contribution >= 4 is 38.5 Å². The maximum absolute atomic E-state index is 5.56. The molecule has 0 fully saturated rings. The third-order valence-corrected chi connectivity index (χ3v) is 5.65. The number of methoxy groups -OCH3 is 2. The van der Waals surface area contributed by atoms with Gasteiger partial charge in [0.25, 0.3) is 0 Å². The van der Waals surface area contributed by atoms with Crippen LogP contribution in [-0.4, -0.2) is 34.6 Å². The molecule has 1 unspecified atom stereocenters. The van der Waals surface area contributed by atoms with E-state index < -0.39 is 0 Å². The number of rotatable bonds is 10. The number of pyridine rings is 1. The Balaban J connectivity index is 2.04. The Morgan fingerprint density at radius 1 is 1.10 bits per heavy atom. The summed E-state index contributed by atoms with van der Waals surface area (Å²) in [4.78, 5) is 4.96. The molecule has 7 nitrogen and oxygen atoms in total. The van der Waals surface area contributed by atoms with Crippen LogP contribution in [0.1, 0.15) is 57.6 Å². The van der Waals surface area contributed by atoms with Crippen LogP contribution in [0.5, 0.6) is 11.5 Å². The molecule has 0 aliphatic rings. The van der Waals surface area contributed by atoms with Crippen molar-refractivity contribution in [3.8, 4) is 11.5 Å². The van der Waals surface area contributed by atoms with Crippen molar-refractivity contribution in [3.63, 3.8) is 0 Å². The summed E-state index contributed by atoms with van der Waals surface area (Å²) < 4.78 is 11.7. The van der Waals surface area contributed by atoms with E-state index >= 15 is 0 Å². The zero-order chi connectivity index (χ0) is 20.8. The Kier molecular flexibility index (Phi) is 7.30. The molecule has 1 aromatic carbocycles. The van der Waals surface area contributed by atoms with Crippen LogP contribution in [0.2, 0.25) is 0 Å². The van der Waals surface area contributed by atoms with Gasteiger partial charge in [-0.25, -0.2) is 4.98 Å². The molecular weight excluding hydrogens is 434 g/mol. The summed E-state index contributed by atoms with van der Waals surface area (Å²) in [6.45, 7) is 4.44. The Morgan fingerprint density at radius 3 is 2.62 bits per heavy atom. The number of fused-ring (bicyclic) bond motifs is 1. The average molecular weight is 462 g/mol. The molecule has 2 heterocycles. The Bertz CT molecular complexity index is 960. The van der Waals surface area contributed by atoms with E-state index in [-0.39, 0.29) is 0 Å². The van der Waals surface area contributed by atoms with Crippen LogP contribution < -0.4 is 14.8 Å². The van der Waals surface area contributed by atoms with Gasteiger partial charge in [-0.2, -0.15) is 0 Å². The first-order valence-electron chi connectivity index (χ1n) is 10.0. The van der Waals surface area contributed by atoms with Gasteiger partial charge in [-0.05, 0) is 40.9 Å². The molecule has 1 atom stereocenters. The molecule has 0 radical (unpaired) electrons. The SMILES string of the molecule is CCCCC(CCC)c1cc2[nH]nnc2c(Nc2c(Br)cc(OC)cc2OC)n1. The summed E-state index contributed by atoms with van der Waals surface area (Å²) in [6, 6.07) is 5.80. The first-order valence-corrected chi connectivity index (χ1v) is 10.8. The number of anilines is 2. The monoisotopic (exact) mass is 461 g/mol. The van der Waals surface area contributed by atoms with Gasteiger partial charge in [-0.15, -0.1) is 5.10 Å². The number of aromatic amines is 1. The normalized spacial score (nSPS) is 12.2. The van der Waals surface area contributed by atoms with Crippen molar-refractivity contribution in [3.05, 3.63) is 28.4 Å². The molecule has 8 heteroatoms. The van der Waals surface area contributed by atoms with Crippen LogP contribution in [0.3, 0.4) is 0 Å². The minimum atomic E-state index is 0.411. The van der Waals surface area contributed by atoms with Crippen LogP contribution in [0.15, 0.2) is 22.7 Å². The molecule has 0 saturated carbocycles. The highest BCUT2D eigenvalue weighted by Crippen LogP contribution is 2.40. The van der Waals surface area contributed by atoms with E-state index in [1.54, 1.807) is 14.2 Å². The minimum absolute atomic E-state index is 0.411. The third kappa shape index (κ3) is 4.80. The largest absolute Gasteiger partial charge is 0.497 e. The predicted octanol–water partition coefficient (Wildman–Crippen LogP) is 5.95. The number of nitrogens with zero attached hydrogens (tertiary/aromatic N) is 3. The van der Waals surface area contributed by atoms with Crippen molar-refractivity contribution in [1.29, 1.82) is 0 Å². The van der Waals surface area contributed by atoms with Gasteiger partial charge in [0.15, 0.2) is 11.3 Å². The highest BCUT2D eigenvalue weighted by Gasteiger charge is 2.19. The lowest BCUT2D eigenvalue weighted by Crippen LogP contribution is -2.06. The highest BCUT2D eigenvalue weighted by atomic mass is 79.9. The number of nitrogens with one attached hydrogen (secondary N) is 2. The van der Waals surface area contributed by atoms with Crippen molar-refractivity contribution in [2.45, 2.75) is 51.9 Å². The first-order chi connectivity index (χ1) is 14.1. The summed E-state index contributed by atoms with van der Waals surface area (Å²) in [6.07, 6.45) is 5.71. The van der Waals surface area contributed by atoms with Gasteiger partial charge < -0.3 is 14.8 Å². The van der Waals surface area contributed by atoms with Crippen molar-refractivity contribution in [1.82, 2.24) is 20.4 Å². The summed E-state index contributed by atoms with van der Waals surface area (Å²) in [7, 11) is 3.26. The van der Waals surface area contributed by atoms with Gasteiger partial charge >= 0.3 is 0 Å². The molecule has 0 aliphatic carbocycles. The van der Waals surface area contributed by atoms with Crippen LogP contribution in [0, 0.1) is 0 Å². The van der Waals surface area contributed by atoms with Gasteiger partial charge in [0, 0.05) is 22.2 Å². The zero-order valence-electron chi connectivity index (χ0n) is 17.4. The molecule has 3 rings (SSSR count). The lowest BCUT2D eigenvalue weighted by atomic mass is 9.93. The van der Waals surface area contributed by atoms with Crippen molar-refractivity contribution in [2.75, 3.05) is 19.5 Å². The number of unbranched alkanes of at least 4 members (excludes halogenated alkanes) is 1. The average Bonchev–Trinajstić information content (AvgIpc) is 3.21. The molecule has 0 saturated heterocycles. The molecular formula is C21H28BrN5O2. The summed E-state index contributed by atoms with van der Waals surface area (Å²) in [5, 5.41) is 14.6. The Morgan fingerprint density at radius 2 is 1.93 bits per heavy atom. The minimum Gasteiger partial charge on any atom is -0.497 e. The van der Waals surface area contributed by atoms with Crippen LogP contribution in [0.25, 0.3) is 11.0 Å². The second-order valence-electron chi connectivity index (χ2n) is 7.04. The number of H-pyrrole nitrogens is 1. The first kappa shape index (κ1) is 21.4. The maximum atomic E-state index is 5.56. The van der Waals surface area contributed by atoms with Gasteiger partial charge in [0.05, 0.1) is 25.4 Å². The standard InChI is InChI=1S/C21H28BrN5O2/c1-5-7-9-13(8-6-2)16-12-17-20(26-27-25-17)21(23-16)24-19-15(22)10-14(28-3)11-18(19)29-4/h10-13H,5-9H2,1-4H3,(H,23,24)(H,25,26,27). The quantitative estimate of drug-likeness (QED) is 0.387. The molecule has 2 aromatic heterocycles. The summed E-state index contributed by atoms with van der Waals surface area (Å²) >= 11 is 3.60. The fourth-order valence-corrected chi connectivity index (χ4v) is 4.01. The molecule has 29 heavy (non-hydrogen) atoms. The van der Waals surface area contributed by atoms with E-state index in [0.29, 0.717) is 28.8 Å². The van der Waals surface area contributed by atoms with Crippen molar-refractivity contribution < 1.29 is 9.47 Å². The maximum Gasteiger partial charge on any atom is 0.160 e. The van der Waals surface area contributed by atoms with Gasteiger partial charge in [0.1, 0.15) is 11.5 Å². The van der Waals surface area contributed by atoms with E-state index in [2.05, 4.69) is 56.6 Å². The second-order valence-corrected chi connectivity index (χ2v) is 7.90. The molecule has 0 amide bonds. The number of benzene rings is 1. The van der Waals surface area contributed by atoms with E-state index in [1.165, 1.54) is 12.8 Å².